The fourth-order valence-corrected chi connectivity index (χ4v) is 3.06. The molecule has 1 aliphatic rings. The lowest BCUT2D eigenvalue weighted by atomic mass is 9.92. The van der Waals surface area contributed by atoms with Crippen LogP contribution in [-0.4, -0.2) is 0 Å². The predicted octanol–water partition coefficient (Wildman–Crippen LogP) is 5.52. The van der Waals surface area contributed by atoms with Gasteiger partial charge in [0.1, 0.15) is 11.5 Å². The molecule has 1 aromatic rings. The first-order valence-electron chi connectivity index (χ1n) is 6.81. The zero-order valence-corrected chi connectivity index (χ0v) is 12.7. The van der Waals surface area contributed by atoms with Gasteiger partial charge in [-0.2, -0.15) is 0 Å². The highest BCUT2D eigenvalue weighted by Crippen LogP contribution is 2.42. The summed E-state index contributed by atoms with van der Waals surface area (Å²) in [5.41, 5.74) is 8.36. The van der Waals surface area contributed by atoms with E-state index in [0.717, 1.165) is 17.9 Å². The molecule has 0 bridgehead atoms. The molecule has 0 spiro atoms. The van der Waals surface area contributed by atoms with E-state index in [2.05, 4.69) is 48.5 Å². The highest BCUT2D eigenvalue weighted by molar-refractivity contribution is 5.84. The van der Waals surface area contributed by atoms with Crippen LogP contribution in [-0.2, 0) is 0 Å². The van der Waals surface area contributed by atoms with Gasteiger partial charge in [0.2, 0.25) is 0 Å². The van der Waals surface area contributed by atoms with Gasteiger partial charge in [0, 0.05) is 5.56 Å². The summed E-state index contributed by atoms with van der Waals surface area (Å²) in [4.78, 5) is 0. The highest BCUT2D eigenvalue weighted by atomic mass is 16.3. The molecule has 18 heavy (non-hydrogen) atoms. The maximum atomic E-state index is 6.09. The van der Waals surface area contributed by atoms with E-state index in [-0.39, 0.29) is 0 Å². The van der Waals surface area contributed by atoms with Crippen LogP contribution in [0, 0.1) is 19.8 Å². The van der Waals surface area contributed by atoms with Crippen LogP contribution < -0.4 is 0 Å². The average molecular weight is 244 g/mol. The molecule has 0 radical (unpaired) electrons. The van der Waals surface area contributed by atoms with Crippen molar-refractivity contribution in [1.82, 2.24) is 0 Å². The van der Waals surface area contributed by atoms with E-state index in [1.54, 1.807) is 0 Å². The molecule has 2 rings (SSSR count). The average Bonchev–Trinajstić information content (AvgIpc) is 2.48. The molecule has 0 saturated carbocycles. The third kappa shape index (κ3) is 1.86. The molecule has 1 aromatic heterocycles. The molecule has 0 amide bonds. The zero-order valence-electron chi connectivity index (χ0n) is 12.7. The highest BCUT2D eigenvalue weighted by Gasteiger charge is 2.26. The molecule has 0 atom stereocenters. The quantitative estimate of drug-likeness (QED) is 0.633. The molecular formula is C17H24O. The van der Waals surface area contributed by atoms with Crippen molar-refractivity contribution in [1.29, 1.82) is 0 Å². The first-order valence-corrected chi connectivity index (χ1v) is 6.81. The molecule has 0 saturated heterocycles. The van der Waals surface area contributed by atoms with E-state index >= 15 is 0 Å². The zero-order chi connectivity index (χ0) is 13.6. The monoisotopic (exact) mass is 244 g/mol. The van der Waals surface area contributed by atoms with Gasteiger partial charge in [0.15, 0.2) is 0 Å². The van der Waals surface area contributed by atoms with E-state index < -0.39 is 0 Å². The van der Waals surface area contributed by atoms with Gasteiger partial charge < -0.3 is 4.42 Å². The number of hydrogen-bond acceptors (Lipinski definition) is 1. The third-order valence-electron chi connectivity index (χ3n) is 4.21. The van der Waals surface area contributed by atoms with Gasteiger partial charge in [-0.15, -0.1) is 0 Å². The Morgan fingerprint density at radius 2 is 1.56 bits per heavy atom. The second-order valence-electron chi connectivity index (χ2n) is 5.92. The standard InChI is InChI=1S/C17H24O/c1-9(2)15-11(4)8-10(3)12(5)16-13(6)14(7)18-17(15)16/h9H,8H2,1-7H3. The summed E-state index contributed by atoms with van der Waals surface area (Å²) < 4.78 is 6.09. The van der Waals surface area contributed by atoms with Gasteiger partial charge in [0.25, 0.3) is 0 Å². The van der Waals surface area contributed by atoms with Crippen LogP contribution in [0.3, 0.4) is 0 Å². The molecule has 98 valence electrons. The molecule has 1 nitrogen and oxygen atoms in total. The lowest BCUT2D eigenvalue weighted by Crippen LogP contribution is -1.97. The summed E-state index contributed by atoms with van der Waals surface area (Å²) >= 11 is 0. The summed E-state index contributed by atoms with van der Waals surface area (Å²) in [6, 6.07) is 0. The van der Waals surface area contributed by atoms with Crippen molar-refractivity contribution in [3.63, 3.8) is 0 Å². The van der Waals surface area contributed by atoms with Crippen molar-refractivity contribution in [2.24, 2.45) is 5.92 Å². The van der Waals surface area contributed by atoms with Gasteiger partial charge in [-0.1, -0.05) is 25.0 Å². The van der Waals surface area contributed by atoms with Gasteiger partial charge in [-0.3, -0.25) is 0 Å². The van der Waals surface area contributed by atoms with Crippen LogP contribution >= 0.6 is 0 Å². The smallest absolute Gasteiger partial charge is 0.138 e. The van der Waals surface area contributed by atoms with E-state index in [0.29, 0.717) is 5.92 Å². The second-order valence-corrected chi connectivity index (χ2v) is 5.92. The predicted molar refractivity (Wildman–Crippen MR) is 78.5 cm³/mol. The van der Waals surface area contributed by atoms with Gasteiger partial charge in [0.05, 0.1) is 0 Å². The van der Waals surface area contributed by atoms with Crippen LogP contribution in [0.2, 0.25) is 0 Å². The third-order valence-corrected chi connectivity index (χ3v) is 4.21. The maximum absolute atomic E-state index is 6.09. The van der Waals surface area contributed by atoms with Crippen molar-refractivity contribution in [3.8, 4) is 0 Å². The Bertz CT molecular complexity index is 550. The van der Waals surface area contributed by atoms with Crippen LogP contribution in [0.15, 0.2) is 15.6 Å². The molecule has 1 heteroatoms. The molecule has 0 fully saturated rings. The van der Waals surface area contributed by atoms with Crippen molar-refractivity contribution in [2.75, 3.05) is 0 Å². The molecule has 0 aliphatic heterocycles. The Morgan fingerprint density at radius 1 is 0.944 bits per heavy atom. The minimum Gasteiger partial charge on any atom is -0.461 e. The van der Waals surface area contributed by atoms with Crippen molar-refractivity contribution >= 4 is 11.1 Å². The van der Waals surface area contributed by atoms with Gasteiger partial charge >= 0.3 is 0 Å². The summed E-state index contributed by atoms with van der Waals surface area (Å²) in [6.07, 6.45) is 1.07. The molecule has 0 aromatic carbocycles. The summed E-state index contributed by atoms with van der Waals surface area (Å²) in [5.74, 6) is 2.68. The first-order chi connectivity index (χ1) is 8.34. The molecule has 0 N–H and O–H groups in total. The topological polar surface area (TPSA) is 13.1 Å². The largest absolute Gasteiger partial charge is 0.461 e. The first kappa shape index (κ1) is 13.2. The van der Waals surface area contributed by atoms with E-state index in [1.807, 2.05) is 0 Å². The lowest BCUT2D eigenvalue weighted by molar-refractivity contribution is 0.511. The number of fused-ring (bicyclic) bond motifs is 1. The number of rotatable bonds is 1. The molecule has 0 unspecified atom stereocenters. The van der Waals surface area contributed by atoms with E-state index in [9.17, 15) is 0 Å². The van der Waals surface area contributed by atoms with Gasteiger partial charge in [-0.25, -0.2) is 0 Å². The maximum Gasteiger partial charge on any atom is 0.138 e. The Hall–Kier alpha value is -1.24. The minimum atomic E-state index is 0.507. The minimum absolute atomic E-state index is 0.507. The van der Waals surface area contributed by atoms with Crippen LogP contribution in [0.25, 0.3) is 11.1 Å². The summed E-state index contributed by atoms with van der Waals surface area (Å²) in [5, 5.41) is 0. The van der Waals surface area contributed by atoms with Crippen LogP contribution in [0.4, 0.5) is 0 Å². The molecule has 1 aliphatic carbocycles. The Morgan fingerprint density at radius 3 is 2.11 bits per heavy atom. The fraction of sp³-hybridized carbons (Fsp3) is 0.529. The van der Waals surface area contributed by atoms with Crippen LogP contribution in [0.1, 0.15) is 63.7 Å². The van der Waals surface area contributed by atoms with Crippen molar-refractivity contribution in [3.05, 3.63) is 33.8 Å². The number of hydrogen-bond donors (Lipinski definition) is 0. The van der Waals surface area contributed by atoms with Crippen molar-refractivity contribution in [2.45, 2.75) is 54.9 Å². The number of furan rings is 1. The lowest BCUT2D eigenvalue weighted by Gasteiger charge is -2.13. The Kier molecular flexibility index (Phi) is 3.27. The SMILES string of the molecule is CC1=C(C)c2c(oc(C)c2C)C(C(C)C)=C(C)C1. The molecular weight excluding hydrogens is 220 g/mol. The summed E-state index contributed by atoms with van der Waals surface area (Å²) in [6.45, 7) is 15.5. The number of aryl methyl sites for hydroxylation is 1. The second kappa shape index (κ2) is 4.46. The summed E-state index contributed by atoms with van der Waals surface area (Å²) in [7, 11) is 0. The van der Waals surface area contributed by atoms with E-state index in [1.165, 1.54) is 33.4 Å². The Balaban J connectivity index is 2.82. The van der Waals surface area contributed by atoms with Crippen LogP contribution in [0.5, 0.6) is 0 Å². The Labute approximate surface area is 111 Å². The molecule has 1 heterocycles. The number of allylic oxidation sites excluding steroid dienone is 4. The fourth-order valence-electron chi connectivity index (χ4n) is 3.06. The van der Waals surface area contributed by atoms with Crippen molar-refractivity contribution < 1.29 is 4.42 Å². The normalized spacial score (nSPS) is 16.4. The van der Waals surface area contributed by atoms with E-state index in [4.69, 9.17) is 4.42 Å². The van der Waals surface area contributed by atoms with Gasteiger partial charge in [-0.05, 0) is 63.7 Å².